The molecule has 2 aliphatic rings. The zero-order valence-electron chi connectivity index (χ0n) is 8.91. The van der Waals surface area contributed by atoms with E-state index in [2.05, 4.69) is 10.2 Å². The molecule has 0 bridgehead atoms. The quantitative estimate of drug-likeness (QED) is 0.673. The predicted octanol–water partition coefficient (Wildman–Crippen LogP) is 0.443. The predicted molar refractivity (Wildman–Crippen MR) is 57.3 cm³/mol. The van der Waals surface area contributed by atoms with Gasteiger partial charge in [0, 0.05) is 19.1 Å². The molecule has 0 spiro atoms. The van der Waals surface area contributed by atoms with Gasteiger partial charge in [-0.2, -0.15) is 0 Å². The highest BCUT2D eigenvalue weighted by molar-refractivity contribution is 4.82. The topological polar surface area (TPSA) is 35.5 Å². The summed E-state index contributed by atoms with van der Waals surface area (Å²) >= 11 is 0. The Balaban J connectivity index is 1.59. The van der Waals surface area contributed by atoms with Gasteiger partial charge in [0.15, 0.2) is 0 Å². The molecule has 0 unspecified atom stereocenters. The molecule has 0 aromatic carbocycles. The van der Waals surface area contributed by atoms with Crippen LogP contribution in [0, 0.1) is 5.92 Å². The Morgan fingerprint density at radius 1 is 1.14 bits per heavy atom. The van der Waals surface area contributed by atoms with Crippen LogP contribution in [0.15, 0.2) is 0 Å². The number of piperidine rings is 1. The van der Waals surface area contributed by atoms with E-state index in [0.717, 1.165) is 12.5 Å². The van der Waals surface area contributed by atoms with Crippen LogP contribution >= 0.6 is 0 Å². The Morgan fingerprint density at radius 2 is 1.86 bits per heavy atom. The first-order valence-corrected chi connectivity index (χ1v) is 5.95. The molecule has 2 rings (SSSR count). The molecule has 1 aliphatic carbocycles. The summed E-state index contributed by atoms with van der Waals surface area (Å²) in [5.41, 5.74) is 0. The Morgan fingerprint density at radius 3 is 2.43 bits per heavy atom. The van der Waals surface area contributed by atoms with E-state index in [1.54, 1.807) is 0 Å². The van der Waals surface area contributed by atoms with Gasteiger partial charge >= 0.3 is 0 Å². The normalized spacial score (nSPS) is 25.5. The van der Waals surface area contributed by atoms with Crippen LogP contribution in [0.3, 0.4) is 0 Å². The maximum absolute atomic E-state index is 8.70. The molecular weight excluding hydrogens is 176 g/mol. The second-order valence-electron chi connectivity index (χ2n) is 4.70. The highest BCUT2D eigenvalue weighted by Gasteiger charge is 2.26. The number of nitrogens with zero attached hydrogens (tertiary/aromatic N) is 1. The fourth-order valence-electron chi connectivity index (χ4n) is 2.25. The lowest BCUT2D eigenvalue weighted by molar-refractivity contribution is 0.185. The van der Waals surface area contributed by atoms with Gasteiger partial charge in [0.2, 0.25) is 0 Å². The van der Waals surface area contributed by atoms with E-state index in [0.29, 0.717) is 6.04 Å². The number of nitrogens with one attached hydrogen (secondary N) is 1. The van der Waals surface area contributed by atoms with Gasteiger partial charge in [0.1, 0.15) is 0 Å². The Bertz CT molecular complexity index is 163. The van der Waals surface area contributed by atoms with E-state index in [-0.39, 0.29) is 6.61 Å². The van der Waals surface area contributed by atoms with Gasteiger partial charge in [-0.3, -0.25) is 0 Å². The summed E-state index contributed by atoms with van der Waals surface area (Å²) in [7, 11) is 0. The molecule has 14 heavy (non-hydrogen) atoms. The SMILES string of the molecule is OCCNC1CCN(CC2CC2)CC1. The van der Waals surface area contributed by atoms with Crippen LogP contribution in [0.25, 0.3) is 0 Å². The maximum Gasteiger partial charge on any atom is 0.0556 e. The van der Waals surface area contributed by atoms with Gasteiger partial charge in [0.05, 0.1) is 6.61 Å². The molecule has 0 amide bonds. The molecular formula is C11H22N2O. The second-order valence-corrected chi connectivity index (χ2v) is 4.70. The molecule has 3 heteroatoms. The van der Waals surface area contributed by atoms with Crippen LogP contribution in [-0.2, 0) is 0 Å². The van der Waals surface area contributed by atoms with E-state index in [4.69, 9.17) is 5.11 Å². The molecule has 3 nitrogen and oxygen atoms in total. The number of likely N-dealkylation sites (tertiary alicyclic amines) is 1. The third kappa shape index (κ3) is 3.23. The van der Waals surface area contributed by atoms with Crippen molar-refractivity contribution in [3.05, 3.63) is 0 Å². The molecule has 82 valence electrons. The van der Waals surface area contributed by atoms with Crippen LogP contribution in [0.1, 0.15) is 25.7 Å². The summed E-state index contributed by atoms with van der Waals surface area (Å²) < 4.78 is 0. The van der Waals surface area contributed by atoms with Crippen molar-refractivity contribution in [1.82, 2.24) is 10.2 Å². The molecule has 1 saturated heterocycles. The molecule has 0 aromatic heterocycles. The van der Waals surface area contributed by atoms with Crippen LogP contribution in [0.5, 0.6) is 0 Å². The zero-order chi connectivity index (χ0) is 9.80. The third-order valence-electron chi connectivity index (χ3n) is 3.35. The summed E-state index contributed by atoms with van der Waals surface area (Å²) in [4.78, 5) is 2.61. The number of aliphatic hydroxyl groups excluding tert-OH is 1. The summed E-state index contributed by atoms with van der Waals surface area (Å²) in [6.07, 6.45) is 5.44. The smallest absolute Gasteiger partial charge is 0.0556 e. The molecule has 0 radical (unpaired) electrons. The molecule has 0 atom stereocenters. The molecule has 2 fully saturated rings. The largest absolute Gasteiger partial charge is 0.395 e. The van der Waals surface area contributed by atoms with E-state index < -0.39 is 0 Å². The van der Waals surface area contributed by atoms with E-state index in [1.165, 1.54) is 45.3 Å². The van der Waals surface area contributed by atoms with Crippen molar-refractivity contribution in [2.45, 2.75) is 31.7 Å². The third-order valence-corrected chi connectivity index (χ3v) is 3.35. The van der Waals surface area contributed by atoms with Crippen molar-refractivity contribution in [2.75, 3.05) is 32.8 Å². The summed E-state index contributed by atoms with van der Waals surface area (Å²) in [6, 6.07) is 0.651. The molecule has 2 N–H and O–H groups in total. The van der Waals surface area contributed by atoms with E-state index in [9.17, 15) is 0 Å². The van der Waals surface area contributed by atoms with Gasteiger partial charge in [-0.1, -0.05) is 0 Å². The first kappa shape index (κ1) is 10.4. The molecule has 1 saturated carbocycles. The monoisotopic (exact) mass is 198 g/mol. The lowest BCUT2D eigenvalue weighted by Gasteiger charge is -2.32. The van der Waals surface area contributed by atoms with E-state index >= 15 is 0 Å². The maximum atomic E-state index is 8.70. The van der Waals surface area contributed by atoms with Crippen LogP contribution < -0.4 is 5.32 Å². The first-order valence-electron chi connectivity index (χ1n) is 5.95. The first-order chi connectivity index (χ1) is 6.88. The van der Waals surface area contributed by atoms with Crippen molar-refractivity contribution >= 4 is 0 Å². The molecule has 0 aromatic rings. The van der Waals surface area contributed by atoms with Crippen LogP contribution in [0.4, 0.5) is 0 Å². The van der Waals surface area contributed by atoms with Crippen LogP contribution in [0.2, 0.25) is 0 Å². The van der Waals surface area contributed by atoms with Crippen molar-refractivity contribution in [2.24, 2.45) is 5.92 Å². The van der Waals surface area contributed by atoms with Gasteiger partial charge in [-0.25, -0.2) is 0 Å². The highest BCUT2D eigenvalue weighted by atomic mass is 16.3. The number of hydrogen-bond donors (Lipinski definition) is 2. The van der Waals surface area contributed by atoms with Gasteiger partial charge in [-0.05, 0) is 44.7 Å². The molecule has 1 heterocycles. The standard InChI is InChI=1S/C11H22N2O/c14-8-5-12-11-3-6-13(7-4-11)9-10-1-2-10/h10-12,14H,1-9H2. The second kappa shape index (κ2) is 5.10. The van der Waals surface area contributed by atoms with Crippen molar-refractivity contribution in [3.63, 3.8) is 0 Å². The number of rotatable bonds is 5. The number of aliphatic hydroxyl groups is 1. The van der Waals surface area contributed by atoms with Crippen molar-refractivity contribution in [1.29, 1.82) is 0 Å². The fourth-order valence-corrected chi connectivity index (χ4v) is 2.25. The van der Waals surface area contributed by atoms with Crippen LogP contribution in [-0.4, -0.2) is 48.8 Å². The average Bonchev–Trinajstić information content (AvgIpc) is 3.01. The van der Waals surface area contributed by atoms with Gasteiger partial charge in [0.25, 0.3) is 0 Å². The minimum atomic E-state index is 0.266. The Kier molecular flexibility index (Phi) is 3.79. The van der Waals surface area contributed by atoms with Crippen molar-refractivity contribution < 1.29 is 5.11 Å². The lowest BCUT2D eigenvalue weighted by atomic mass is 10.0. The highest BCUT2D eigenvalue weighted by Crippen LogP contribution is 2.30. The molecule has 1 aliphatic heterocycles. The zero-order valence-corrected chi connectivity index (χ0v) is 8.91. The average molecular weight is 198 g/mol. The minimum Gasteiger partial charge on any atom is -0.395 e. The summed E-state index contributed by atoms with van der Waals surface area (Å²) in [5, 5.41) is 12.1. The van der Waals surface area contributed by atoms with Crippen molar-refractivity contribution in [3.8, 4) is 0 Å². The summed E-state index contributed by atoms with van der Waals surface area (Å²) in [5.74, 6) is 1.02. The number of hydrogen-bond acceptors (Lipinski definition) is 3. The Labute approximate surface area is 86.5 Å². The van der Waals surface area contributed by atoms with Gasteiger partial charge < -0.3 is 15.3 Å². The fraction of sp³-hybridized carbons (Fsp3) is 1.00. The lowest BCUT2D eigenvalue weighted by Crippen LogP contribution is -2.43. The van der Waals surface area contributed by atoms with E-state index in [1.807, 2.05) is 0 Å². The van der Waals surface area contributed by atoms with Gasteiger partial charge in [-0.15, -0.1) is 0 Å². The Hall–Kier alpha value is -0.120. The summed E-state index contributed by atoms with van der Waals surface area (Å²) in [6.45, 7) is 4.86. The minimum absolute atomic E-state index is 0.266.